The van der Waals surface area contributed by atoms with Crippen molar-refractivity contribution in [3.8, 4) is 0 Å². The first-order valence-electron chi connectivity index (χ1n) is 7.62. The van der Waals surface area contributed by atoms with Crippen molar-refractivity contribution in [2.75, 3.05) is 38.3 Å². The molecule has 0 aliphatic carbocycles. The molecule has 1 fully saturated rings. The van der Waals surface area contributed by atoms with Crippen LogP contribution in [0.1, 0.15) is 5.56 Å². The lowest BCUT2D eigenvalue weighted by molar-refractivity contribution is 0.0384. The van der Waals surface area contributed by atoms with Crippen LogP contribution in [0.4, 0.5) is 5.69 Å². The van der Waals surface area contributed by atoms with E-state index in [4.69, 9.17) is 16.2 Å². The van der Waals surface area contributed by atoms with Crippen molar-refractivity contribution in [1.29, 1.82) is 0 Å². The molecule has 0 unspecified atom stereocenters. The van der Waals surface area contributed by atoms with Gasteiger partial charge in [-0.05, 0) is 24.1 Å². The monoisotopic (exact) mass is 315 g/mol. The van der Waals surface area contributed by atoms with Crippen LogP contribution >= 0.6 is 0 Å². The van der Waals surface area contributed by atoms with Gasteiger partial charge in [-0.2, -0.15) is 5.10 Å². The molecule has 2 heterocycles. The Balaban J connectivity index is 1.52. The van der Waals surface area contributed by atoms with Crippen LogP contribution in [-0.4, -0.2) is 55.1 Å². The van der Waals surface area contributed by atoms with Crippen LogP contribution in [0.15, 0.2) is 39.6 Å². The zero-order valence-electron chi connectivity index (χ0n) is 12.9. The number of amidine groups is 2. The van der Waals surface area contributed by atoms with Crippen LogP contribution in [-0.2, 0) is 11.2 Å². The standard InChI is InChI=1S/C15H21N7O/c16-14-13(15(17)21-20-14)19-18-12-3-1-11(2-4-12)5-6-22-7-9-23-10-8-22/h1-4,18H,5-10H2,(H4,16,17,19,20,21). The van der Waals surface area contributed by atoms with Crippen LogP contribution in [0.2, 0.25) is 0 Å². The van der Waals surface area contributed by atoms with E-state index in [0.29, 0.717) is 5.71 Å². The van der Waals surface area contributed by atoms with Gasteiger partial charge in [0.05, 0.1) is 18.9 Å². The fraction of sp³-hybridized carbons (Fsp3) is 0.400. The molecule has 0 bridgehead atoms. The second-order valence-electron chi connectivity index (χ2n) is 5.44. The summed E-state index contributed by atoms with van der Waals surface area (Å²) in [5.74, 6) is 0.439. The van der Waals surface area contributed by atoms with Crippen LogP contribution in [0.3, 0.4) is 0 Å². The Morgan fingerprint density at radius 2 is 1.74 bits per heavy atom. The van der Waals surface area contributed by atoms with Gasteiger partial charge in [-0.15, -0.1) is 10.2 Å². The Kier molecular flexibility index (Phi) is 4.84. The maximum absolute atomic E-state index is 5.64. The van der Waals surface area contributed by atoms with Crippen molar-refractivity contribution in [3.63, 3.8) is 0 Å². The third-order valence-corrected chi connectivity index (χ3v) is 3.82. The molecule has 122 valence electrons. The quantitative estimate of drug-likeness (QED) is 0.660. The minimum absolute atomic E-state index is 0.220. The zero-order valence-corrected chi connectivity index (χ0v) is 12.9. The number of nitrogens with two attached hydrogens (primary N) is 2. The average Bonchev–Trinajstić information content (AvgIpc) is 2.91. The summed E-state index contributed by atoms with van der Waals surface area (Å²) in [4.78, 5) is 2.42. The predicted octanol–water partition coefficient (Wildman–Crippen LogP) is -0.0278. The molecule has 1 saturated heterocycles. The molecule has 1 aromatic rings. The maximum Gasteiger partial charge on any atom is 0.177 e. The molecule has 0 aromatic heterocycles. The lowest BCUT2D eigenvalue weighted by atomic mass is 10.1. The summed E-state index contributed by atoms with van der Waals surface area (Å²) >= 11 is 0. The van der Waals surface area contributed by atoms with E-state index in [9.17, 15) is 0 Å². The summed E-state index contributed by atoms with van der Waals surface area (Å²) in [5, 5.41) is 11.5. The Morgan fingerprint density at radius 1 is 1.09 bits per heavy atom. The average molecular weight is 315 g/mol. The van der Waals surface area contributed by atoms with Crippen molar-refractivity contribution in [3.05, 3.63) is 29.8 Å². The molecule has 3 rings (SSSR count). The van der Waals surface area contributed by atoms with E-state index < -0.39 is 0 Å². The number of ether oxygens (including phenoxy) is 1. The van der Waals surface area contributed by atoms with E-state index in [1.807, 2.05) is 12.1 Å². The molecule has 23 heavy (non-hydrogen) atoms. The largest absolute Gasteiger partial charge is 0.380 e. The second kappa shape index (κ2) is 7.21. The van der Waals surface area contributed by atoms with Gasteiger partial charge in [0.2, 0.25) is 0 Å². The number of hydrogen-bond donors (Lipinski definition) is 3. The molecule has 8 heteroatoms. The van der Waals surface area contributed by atoms with Gasteiger partial charge in [0.15, 0.2) is 17.4 Å². The molecule has 0 saturated carbocycles. The third kappa shape index (κ3) is 4.05. The molecular formula is C15H21N7O. The Bertz CT molecular complexity index is 610. The van der Waals surface area contributed by atoms with Crippen LogP contribution < -0.4 is 16.9 Å². The van der Waals surface area contributed by atoms with Gasteiger partial charge in [-0.3, -0.25) is 10.3 Å². The molecule has 0 spiro atoms. The number of rotatable bonds is 5. The number of hydrazone groups is 1. The predicted molar refractivity (Wildman–Crippen MR) is 91.7 cm³/mol. The highest BCUT2D eigenvalue weighted by Crippen LogP contribution is 2.11. The number of hydrogen-bond acceptors (Lipinski definition) is 8. The minimum atomic E-state index is 0.220. The Hall–Kier alpha value is -2.45. The molecule has 2 aliphatic heterocycles. The molecule has 0 amide bonds. The Labute approximate surface area is 134 Å². The van der Waals surface area contributed by atoms with E-state index in [1.54, 1.807) is 0 Å². The number of morpholine rings is 1. The number of benzene rings is 1. The fourth-order valence-corrected chi connectivity index (χ4v) is 2.43. The number of nitrogens with one attached hydrogen (secondary N) is 1. The third-order valence-electron chi connectivity index (χ3n) is 3.82. The van der Waals surface area contributed by atoms with Crippen molar-refractivity contribution in [1.82, 2.24) is 4.90 Å². The van der Waals surface area contributed by atoms with E-state index in [2.05, 4.69) is 37.8 Å². The minimum Gasteiger partial charge on any atom is -0.380 e. The van der Waals surface area contributed by atoms with Crippen LogP contribution in [0.25, 0.3) is 0 Å². The van der Waals surface area contributed by atoms with Crippen molar-refractivity contribution < 1.29 is 4.74 Å². The smallest absolute Gasteiger partial charge is 0.177 e. The summed E-state index contributed by atoms with van der Waals surface area (Å²) < 4.78 is 5.35. The van der Waals surface area contributed by atoms with Gasteiger partial charge < -0.3 is 16.2 Å². The molecule has 5 N–H and O–H groups in total. The zero-order chi connectivity index (χ0) is 16.1. The van der Waals surface area contributed by atoms with E-state index in [-0.39, 0.29) is 11.7 Å². The van der Waals surface area contributed by atoms with Gasteiger partial charge in [0, 0.05) is 19.6 Å². The summed E-state index contributed by atoms with van der Waals surface area (Å²) in [7, 11) is 0. The van der Waals surface area contributed by atoms with Crippen LogP contribution in [0.5, 0.6) is 0 Å². The van der Waals surface area contributed by atoms with E-state index in [1.165, 1.54) is 5.56 Å². The molecule has 1 aromatic carbocycles. The molecule has 2 aliphatic rings. The maximum atomic E-state index is 5.64. The fourth-order valence-electron chi connectivity index (χ4n) is 2.43. The van der Waals surface area contributed by atoms with E-state index >= 15 is 0 Å². The topological polar surface area (TPSA) is 114 Å². The molecule has 8 nitrogen and oxygen atoms in total. The summed E-state index contributed by atoms with van der Waals surface area (Å²) in [6.07, 6.45) is 1.02. The summed E-state index contributed by atoms with van der Waals surface area (Å²) in [5.41, 5.74) is 16.7. The SMILES string of the molecule is NC1=NN=C(N)C1=NNc1ccc(CCN2CCOCC2)cc1. The second-order valence-corrected chi connectivity index (χ2v) is 5.44. The number of anilines is 1. The van der Waals surface area contributed by atoms with Crippen LogP contribution in [0, 0.1) is 0 Å². The van der Waals surface area contributed by atoms with Crippen molar-refractivity contribution >= 4 is 23.1 Å². The number of nitrogens with zero attached hydrogens (tertiary/aromatic N) is 4. The highest BCUT2D eigenvalue weighted by atomic mass is 16.5. The first-order chi connectivity index (χ1) is 11.2. The van der Waals surface area contributed by atoms with Gasteiger partial charge in [-0.1, -0.05) is 12.1 Å². The molecule has 0 atom stereocenters. The molecule has 0 radical (unpaired) electrons. The lowest BCUT2D eigenvalue weighted by Gasteiger charge is -2.26. The van der Waals surface area contributed by atoms with Gasteiger partial charge >= 0.3 is 0 Å². The van der Waals surface area contributed by atoms with E-state index in [0.717, 1.165) is 45.0 Å². The summed E-state index contributed by atoms with van der Waals surface area (Å²) in [6, 6.07) is 8.14. The Morgan fingerprint density at radius 3 is 2.39 bits per heavy atom. The first kappa shape index (κ1) is 15.4. The molecular weight excluding hydrogens is 294 g/mol. The van der Waals surface area contributed by atoms with Gasteiger partial charge in [0.25, 0.3) is 0 Å². The van der Waals surface area contributed by atoms with Gasteiger partial charge in [0.1, 0.15) is 0 Å². The van der Waals surface area contributed by atoms with Crippen molar-refractivity contribution in [2.45, 2.75) is 6.42 Å². The highest BCUT2D eigenvalue weighted by Gasteiger charge is 2.16. The summed E-state index contributed by atoms with van der Waals surface area (Å²) in [6.45, 7) is 4.76. The highest BCUT2D eigenvalue weighted by molar-refractivity contribution is 6.68. The lowest BCUT2D eigenvalue weighted by Crippen LogP contribution is -2.37. The van der Waals surface area contributed by atoms with Crippen molar-refractivity contribution in [2.24, 2.45) is 26.8 Å². The van der Waals surface area contributed by atoms with Gasteiger partial charge in [-0.25, -0.2) is 0 Å². The normalized spacial score (nSPS) is 18.5. The first-order valence-corrected chi connectivity index (χ1v) is 7.62.